The van der Waals surface area contributed by atoms with Crippen LogP contribution in [0.15, 0.2) is 48.5 Å². The SMILES string of the molecule is COC(=O)CC1CCC(c2ccc(-c3ccc(-c4nc(C(F)(F)F)nn4COCC[Si](C)(C)C)cc3)cc2)CC1. The highest BCUT2D eigenvalue weighted by Gasteiger charge is 2.37. The summed E-state index contributed by atoms with van der Waals surface area (Å²) < 4.78 is 51.8. The smallest absolute Gasteiger partial charge is 0.453 e. The standard InChI is InChI=1S/C30H38F3N3O3Si/c1-38-27(37)19-21-5-7-22(8-6-21)23-9-11-24(12-10-23)25-13-15-26(16-14-25)28-34-29(30(31,32)33)35-36(28)20-39-17-18-40(2,3)4/h9-16,21-22H,5-8,17-20H2,1-4H3. The van der Waals surface area contributed by atoms with Crippen molar-refractivity contribution in [3.63, 3.8) is 0 Å². The second-order valence-corrected chi connectivity index (χ2v) is 17.4. The summed E-state index contributed by atoms with van der Waals surface area (Å²) in [4.78, 5) is 15.4. The maximum atomic E-state index is 13.4. The van der Waals surface area contributed by atoms with E-state index in [1.54, 1.807) is 12.1 Å². The largest absolute Gasteiger partial charge is 0.469 e. The normalized spacial score (nSPS) is 18.1. The van der Waals surface area contributed by atoms with E-state index in [0.29, 0.717) is 30.4 Å². The molecule has 1 aliphatic carbocycles. The van der Waals surface area contributed by atoms with Crippen LogP contribution in [-0.2, 0) is 27.2 Å². The molecule has 0 atom stereocenters. The van der Waals surface area contributed by atoms with Crippen molar-refractivity contribution in [3.05, 3.63) is 59.9 Å². The first-order valence-electron chi connectivity index (χ1n) is 13.8. The number of hydrogen-bond acceptors (Lipinski definition) is 5. The molecule has 40 heavy (non-hydrogen) atoms. The molecule has 1 saturated carbocycles. The summed E-state index contributed by atoms with van der Waals surface area (Å²) in [6, 6.07) is 16.7. The lowest BCUT2D eigenvalue weighted by atomic mass is 9.77. The Morgan fingerprint density at radius 2 is 1.52 bits per heavy atom. The van der Waals surface area contributed by atoms with Crippen LogP contribution in [0.2, 0.25) is 25.7 Å². The van der Waals surface area contributed by atoms with Crippen LogP contribution in [0, 0.1) is 5.92 Å². The fourth-order valence-electron chi connectivity index (χ4n) is 5.07. The predicted octanol–water partition coefficient (Wildman–Crippen LogP) is 7.78. The second kappa shape index (κ2) is 12.7. The molecule has 216 valence electrons. The lowest BCUT2D eigenvalue weighted by Crippen LogP contribution is -2.22. The van der Waals surface area contributed by atoms with E-state index < -0.39 is 20.1 Å². The van der Waals surface area contributed by atoms with Gasteiger partial charge in [0.1, 0.15) is 6.73 Å². The average Bonchev–Trinajstić information content (AvgIpc) is 3.36. The number of carbonyl (C=O) groups excluding carboxylic acids is 1. The molecule has 0 unspecified atom stereocenters. The first kappa shape index (κ1) is 30.0. The van der Waals surface area contributed by atoms with Crippen LogP contribution in [0.5, 0.6) is 0 Å². The highest BCUT2D eigenvalue weighted by Crippen LogP contribution is 2.38. The lowest BCUT2D eigenvalue weighted by Gasteiger charge is -2.28. The molecule has 0 saturated heterocycles. The van der Waals surface area contributed by atoms with Gasteiger partial charge in [-0.15, -0.1) is 5.10 Å². The minimum Gasteiger partial charge on any atom is -0.469 e. The summed E-state index contributed by atoms with van der Waals surface area (Å²) in [7, 11) is 0.110. The van der Waals surface area contributed by atoms with Gasteiger partial charge >= 0.3 is 12.1 Å². The summed E-state index contributed by atoms with van der Waals surface area (Å²) in [5.74, 6) is -0.297. The van der Waals surface area contributed by atoms with E-state index >= 15 is 0 Å². The summed E-state index contributed by atoms with van der Waals surface area (Å²) >= 11 is 0. The lowest BCUT2D eigenvalue weighted by molar-refractivity contribution is -0.145. The number of nitrogens with zero attached hydrogens (tertiary/aromatic N) is 3. The first-order chi connectivity index (χ1) is 18.9. The number of esters is 1. The molecule has 2 aromatic carbocycles. The van der Waals surface area contributed by atoms with Crippen LogP contribution in [0.25, 0.3) is 22.5 Å². The number of rotatable bonds is 10. The van der Waals surface area contributed by atoms with Crippen LogP contribution in [-0.4, -0.2) is 42.5 Å². The van der Waals surface area contributed by atoms with Gasteiger partial charge in [-0.05, 0) is 60.3 Å². The predicted molar refractivity (Wildman–Crippen MR) is 151 cm³/mol. The van der Waals surface area contributed by atoms with Crippen LogP contribution >= 0.6 is 0 Å². The van der Waals surface area contributed by atoms with Gasteiger partial charge < -0.3 is 9.47 Å². The zero-order valence-electron chi connectivity index (χ0n) is 23.6. The molecule has 1 aromatic heterocycles. The molecule has 0 radical (unpaired) electrons. The first-order valence-corrected chi connectivity index (χ1v) is 17.5. The molecule has 4 rings (SSSR count). The summed E-state index contributed by atoms with van der Waals surface area (Å²) in [6.07, 6.45) is 0.00848. The topological polar surface area (TPSA) is 66.2 Å². The van der Waals surface area contributed by atoms with Crippen molar-refractivity contribution in [2.24, 2.45) is 5.92 Å². The number of alkyl halides is 3. The molecule has 10 heteroatoms. The number of aromatic nitrogens is 3. The van der Waals surface area contributed by atoms with Gasteiger partial charge in [-0.3, -0.25) is 4.79 Å². The Kier molecular flexibility index (Phi) is 9.51. The Hall–Kier alpha value is -2.98. The maximum Gasteiger partial charge on any atom is 0.453 e. The van der Waals surface area contributed by atoms with Gasteiger partial charge in [-0.25, -0.2) is 9.67 Å². The zero-order chi connectivity index (χ0) is 28.9. The third-order valence-electron chi connectivity index (χ3n) is 7.52. The molecule has 0 aliphatic heterocycles. The van der Waals surface area contributed by atoms with Crippen molar-refractivity contribution in [2.45, 2.75) is 76.6 Å². The van der Waals surface area contributed by atoms with E-state index in [0.717, 1.165) is 42.9 Å². The Balaban J connectivity index is 1.43. The molecule has 0 spiro atoms. The van der Waals surface area contributed by atoms with Crippen LogP contribution in [0.1, 0.15) is 49.4 Å². The van der Waals surface area contributed by atoms with E-state index in [2.05, 4.69) is 54.0 Å². The Morgan fingerprint density at radius 3 is 2.08 bits per heavy atom. The van der Waals surface area contributed by atoms with Gasteiger partial charge in [0.05, 0.1) is 7.11 Å². The van der Waals surface area contributed by atoms with Crippen LogP contribution in [0.4, 0.5) is 13.2 Å². The summed E-state index contributed by atoms with van der Waals surface area (Å²) in [5.41, 5.74) is 3.83. The number of benzene rings is 2. The molecule has 0 N–H and O–H groups in total. The molecular formula is C30H38F3N3O3Si. The monoisotopic (exact) mass is 573 g/mol. The number of halogens is 3. The van der Waals surface area contributed by atoms with Crippen molar-refractivity contribution >= 4 is 14.0 Å². The fourth-order valence-corrected chi connectivity index (χ4v) is 5.83. The van der Waals surface area contributed by atoms with Crippen molar-refractivity contribution < 1.29 is 27.4 Å². The van der Waals surface area contributed by atoms with E-state index in [4.69, 9.17) is 9.47 Å². The number of methoxy groups -OCH3 is 1. The van der Waals surface area contributed by atoms with Gasteiger partial charge in [0, 0.05) is 26.7 Å². The maximum absolute atomic E-state index is 13.4. The van der Waals surface area contributed by atoms with Crippen molar-refractivity contribution in [3.8, 4) is 22.5 Å². The highest BCUT2D eigenvalue weighted by atomic mass is 28.3. The Labute approximate surface area is 234 Å². The quantitative estimate of drug-likeness (QED) is 0.141. The summed E-state index contributed by atoms with van der Waals surface area (Å²) in [5, 5.41) is 3.69. The Bertz CT molecular complexity index is 1260. The number of ether oxygens (including phenoxy) is 2. The number of carbonyl (C=O) groups is 1. The van der Waals surface area contributed by atoms with E-state index in [1.807, 2.05) is 12.1 Å². The molecule has 1 fully saturated rings. The minimum absolute atomic E-state index is 0.0866. The summed E-state index contributed by atoms with van der Waals surface area (Å²) in [6.45, 7) is 7.03. The van der Waals surface area contributed by atoms with E-state index in [9.17, 15) is 18.0 Å². The Morgan fingerprint density at radius 1 is 0.950 bits per heavy atom. The molecule has 1 aliphatic rings. The highest BCUT2D eigenvalue weighted by molar-refractivity contribution is 6.76. The third kappa shape index (κ3) is 8.03. The van der Waals surface area contributed by atoms with E-state index in [-0.39, 0.29) is 18.5 Å². The third-order valence-corrected chi connectivity index (χ3v) is 9.23. The van der Waals surface area contributed by atoms with Gasteiger partial charge in [-0.2, -0.15) is 13.2 Å². The molecule has 0 bridgehead atoms. The van der Waals surface area contributed by atoms with Gasteiger partial charge in [-0.1, -0.05) is 68.2 Å². The molecule has 1 heterocycles. The van der Waals surface area contributed by atoms with Crippen LogP contribution in [0.3, 0.4) is 0 Å². The average molecular weight is 574 g/mol. The fraction of sp³-hybridized carbons (Fsp3) is 0.500. The molecular weight excluding hydrogens is 535 g/mol. The zero-order valence-corrected chi connectivity index (χ0v) is 24.6. The van der Waals surface area contributed by atoms with Crippen molar-refractivity contribution in [1.82, 2.24) is 14.8 Å². The second-order valence-electron chi connectivity index (χ2n) is 11.8. The van der Waals surface area contributed by atoms with Gasteiger partial charge in [0.2, 0.25) is 0 Å². The van der Waals surface area contributed by atoms with E-state index in [1.165, 1.54) is 17.4 Å². The minimum atomic E-state index is -4.64. The van der Waals surface area contributed by atoms with Gasteiger partial charge in [0.15, 0.2) is 5.82 Å². The van der Waals surface area contributed by atoms with Crippen molar-refractivity contribution in [1.29, 1.82) is 0 Å². The van der Waals surface area contributed by atoms with Gasteiger partial charge in [0.25, 0.3) is 5.82 Å². The molecule has 3 aromatic rings. The molecule has 0 amide bonds. The molecule has 6 nitrogen and oxygen atoms in total. The number of hydrogen-bond donors (Lipinski definition) is 0. The van der Waals surface area contributed by atoms with Crippen LogP contribution < -0.4 is 0 Å². The van der Waals surface area contributed by atoms with Crippen molar-refractivity contribution in [2.75, 3.05) is 13.7 Å².